The summed E-state index contributed by atoms with van der Waals surface area (Å²) in [6.07, 6.45) is 2.11. The highest BCUT2D eigenvalue weighted by molar-refractivity contribution is 6.06. The van der Waals surface area contributed by atoms with Crippen LogP contribution in [0.3, 0.4) is 0 Å². The molecule has 1 fully saturated rings. The third-order valence-electron chi connectivity index (χ3n) is 5.37. The second-order valence-electron chi connectivity index (χ2n) is 8.97. The maximum Gasteiger partial charge on any atom is 0.255 e. The van der Waals surface area contributed by atoms with Crippen molar-refractivity contribution < 1.29 is 4.79 Å². The highest BCUT2D eigenvalue weighted by atomic mass is 16.2. The van der Waals surface area contributed by atoms with Crippen LogP contribution in [0.1, 0.15) is 75.1 Å². The van der Waals surface area contributed by atoms with E-state index in [1.54, 1.807) is 0 Å². The fourth-order valence-electron chi connectivity index (χ4n) is 3.95. The van der Waals surface area contributed by atoms with Gasteiger partial charge in [0.25, 0.3) is 5.91 Å². The highest BCUT2D eigenvalue weighted by Crippen LogP contribution is 2.31. The predicted octanol–water partition coefficient (Wildman–Crippen LogP) is 3.44. The first kappa shape index (κ1) is 19.8. The smallest absolute Gasteiger partial charge is 0.255 e. The molecular formula is C21H33N5O. The van der Waals surface area contributed by atoms with E-state index in [-0.39, 0.29) is 23.4 Å². The summed E-state index contributed by atoms with van der Waals surface area (Å²) >= 11 is 0. The van der Waals surface area contributed by atoms with E-state index < -0.39 is 0 Å². The molecule has 2 aromatic rings. The number of carbonyl (C=O) groups is 1. The maximum absolute atomic E-state index is 13.6. The molecule has 1 amide bonds. The van der Waals surface area contributed by atoms with Crippen molar-refractivity contribution >= 4 is 16.9 Å². The van der Waals surface area contributed by atoms with E-state index >= 15 is 0 Å². The number of nitrogens with zero attached hydrogens (tertiary/aromatic N) is 4. The summed E-state index contributed by atoms with van der Waals surface area (Å²) in [4.78, 5) is 20.5. The minimum atomic E-state index is -0.197. The standard InChI is InChI=1S/C21H33N5O/c1-13(2)17-11-16(20(27)25-10-8-9-15(25)12-22-7)18-14(3)24-26(19(18)23-17)21(4,5)6/h11,13,15,22H,8-10,12H2,1-7H3. The first-order chi connectivity index (χ1) is 12.6. The number of amides is 1. The van der Waals surface area contributed by atoms with Crippen LogP contribution in [0, 0.1) is 6.92 Å². The van der Waals surface area contributed by atoms with Crippen molar-refractivity contribution in [3.63, 3.8) is 0 Å². The van der Waals surface area contributed by atoms with E-state index in [1.165, 1.54) is 0 Å². The van der Waals surface area contributed by atoms with Crippen molar-refractivity contribution in [3.05, 3.63) is 23.0 Å². The molecule has 0 spiro atoms. The van der Waals surface area contributed by atoms with Crippen molar-refractivity contribution in [3.8, 4) is 0 Å². The number of aromatic nitrogens is 3. The molecule has 3 rings (SSSR count). The van der Waals surface area contributed by atoms with Gasteiger partial charge in [-0.2, -0.15) is 5.10 Å². The Morgan fingerprint density at radius 3 is 2.67 bits per heavy atom. The van der Waals surface area contributed by atoms with E-state index in [1.807, 2.05) is 29.6 Å². The van der Waals surface area contributed by atoms with Gasteiger partial charge in [0.2, 0.25) is 0 Å². The lowest BCUT2D eigenvalue weighted by Gasteiger charge is -2.25. The van der Waals surface area contributed by atoms with Gasteiger partial charge in [-0.3, -0.25) is 4.79 Å². The van der Waals surface area contributed by atoms with Crippen LogP contribution in [0.15, 0.2) is 6.07 Å². The lowest BCUT2D eigenvalue weighted by atomic mass is 10.0. The Bertz CT molecular complexity index is 846. The third kappa shape index (κ3) is 3.59. The van der Waals surface area contributed by atoms with Crippen LogP contribution in [-0.4, -0.2) is 51.8 Å². The fraction of sp³-hybridized carbons (Fsp3) is 0.667. The zero-order chi connectivity index (χ0) is 19.9. The number of likely N-dealkylation sites (tertiary alicyclic amines) is 1. The van der Waals surface area contributed by atoms with Gasteiger partial charge in [0.05, 0.1) is 22.2 Å². The van der Waals surface area contributed by atoms with Crippen molar-refractivity contribution in [1.29, 1.82) is 0 Å². The Labute approximate surface area is 162 Å². The van der Waals surface area contributed by atoms with E-state index in [2.05, 4.69) is 39.9 Å². The summed E-state index contributed by atoms with van der Waals surface area (Å²) in [7, 11) is 1.94. The molecule has 1 aliphatic rings. The Morgan fingerprint density at radius 1 is 1.37 bits per heavy atom. The molecule has 0 aromatic carbocycles. The average Bonchev–Trinajstić information content (AvgIpc) is 3.18. The first-order valence-corrected chi connectivity index (χ1v) is 10.0. The SMILES string of the molecule is CNCC1CCCN1C(=O)c1cc(C(C)C)nc2c1c(C)nn2C(C)(C)C. The average molecular weight is 372 g/mol. The quantitative estimate of drug-likeness (QED) is 0.894. The molecule has 1 atom stereocenters. The van der Waals surface area contributed by atoms with Gasteiger partial charge in [-0.05, 0) is 59.6 Å². The number of carbonyl (C=O) groups excluding carboxylic acids is 1. The van der Waals surface area contributed by atoms with Crippen molar-refractivity contribution in [2.24, 2.45) is 0 Å². The van der Waals surface area contributed by atoms with Crippen LogP contribution >= 0.6 is 0 Å². The number of rotatable bonds is 4. The van der Waals surface area contributed by atoms with Crippen molar-refractivity contribution in [2.75, 3.05) is 20.1 Å². The van der Waals surface area contributed by atoms with Gasteiger partial charge >= 0.3 is 0 Å². The predicted molar refractivity (Wildman–Crippen MR) is 109 cm³/mol. The highest BCUT2D eigenvalue weighted by Gasteiger charge is 2.32. The van der Waals surface area contributed by atoms with Gasteiger partial charge in [-0.15, -0.1) is 0 Å². The Morgan fingerprint density at radius 2 is 2.07 bits per heavy atom. The minimum Gasteiger partial charge on any atom is -0.334 e. The summed E-state index contributed by atoms with van der Waals surface area (Å²) in [5, 5.41) is 8.88. The molecule has 0 aliphatic carbocycles. The van der Waals surface area contributed by atoms with Crippen LogP contribution in [0.25, 0.3) is 11.0 Å². The van der Waals surface area contributed by atoms with E-state index in [9.17, 15) is 4.79 Å². The molecule has 1 aliphatic heterocycles. The maximum atomic E-state index is 13.6. The zero-order valence-corrected chi connectivity index (χ0v) is 17.8. The van der Waals surface area contributed by atoms with Gasteiger partial charge in [-0.1, -0.05) is 13.8 Å². The van der Waals surface area contributed by atoms with Crippen LogP contribution < -0.4 is 5.32 Å². The van der Waals surface area contributed by atoms with Crippen molar-refractivity contribution in [1.82, 2.24) is 25.0 Å². The van der Waals surface area contributed by atoms with Gasteiger partial charge in [0.1, 0.15) is 0 Å². The number of pyridine rings is 1. The fourth-order valence-corrected chi connectivity index (χ4v) is 3.95. The van der Waals surface area contributed by atoms with E-state index in [0.717, 1.165) is 53.9 Å². The van der Waals surface area contributed by atoms with Crippen molar-refractivity contribution in [2.45, 2.75) is 71.9 Å². The molecule has 1 N–H and O–H groups in total. The topological polar surface area (TPSA) is 63.1 Å². The molecule has 0 bridgehead atoms. The monoisotopic (exact) mass is 371 g/mol. The van der Waals surface area contributed by atoms with Crippen LogP contribution in [0.5, 0.6) is 0 Å². The van der Waals surface area contributed by atoms with E-state index in [4.69, 9.17) is 10.1 Å². The van der Waals surface area contributed by atoms with Crippen LogP contribution in [0.4, 0.5) is 0 Å². The van der Waals surface area contributed by atoms with Gasteiger partial charge < -0.3 is 10.2 Å². The van der Waals surface area contributed by atoms with Gasteiger partial charge in [-0.25, -0.2) is 9.67 Å². The molecule has 27 heavy (non-hydrogen) atoms. The largest absolute Gasteiger partial charge is 0.334 e. The second-order valence-corrected chi connectivity index (χ2v) is 8.97. The molecule has 1 unspecified atom stereocenters. The Balaban J connectivity index is 2.19. The molecular weight excluding hydrogens is 338 g/mol. The summed E-state index contributed by atoms with van der Waals surface area (Å²) < 4.78 is 1.97. The molecule has 3 heterocycles. The van der Waals surface area contributed by atoms with Crippen LogP contribution in [0.2, 0.25) is 0 Å². The minimum absolute atomic E-state index is 0.110. The molecule has 6 nitrogen and oxygen atoms in total. The molecule has 148 valence electrons. The number of likely N-dealkylation sites (N-methyl/N-ethyl adjacent to an activating group) is 1. The van der Waals surface area contributed by atoms with E-state index in [0.29, 0.717) is 0 Å². The summed E-state index contributed by atoms with van der Waals surface area (Å²) in [5.74, 6) is 0.356. The zero-order valence-electron chi connectivity index (χ0n) is 17.8. The normalized spacial score (nSPS) is 18.1. The van der Waals surface area contributed by atoms with Gasteiger partial charge in [0.15, 0.2) is 5.65 Å². The molecule has 2 aromatic heterocycles. The number of nitrogens with one attached hydrogen (secondary N) is 1. The third-order valence-corrected chi connectivity index (χ3v) is 5.37. The second kappa shape index (κ2) is 7.23. The molecule has 1 saturated heterocycles. The molecule has 0 saturated carbocycles. The summed E-state index contributed by atoms with van der Waals surface area (Å²) in [5.41, 5.74) is 3.19. The Kier molecular flexibility index (Phi) is 5.30. The molecule has 6 heteroatoms. The number of aryl methyl sites for hydroxylation is 1. The Hall–Kier alpha value is -1.95. The number of fused-ring (bicyclic) bond motifs is 1. The lowest BCUT2D eigenvalue weighted by Crippen LogP contribution is -2.41. The summed E-state index contributed by atoms with van der Waals surface area (Å²) in [6.45, 7) is 14.2. The summed E-state index contributed by atoms with van der Waals surface area (Å²) in [6, 6.07) is 2.25. The van der Waals surface area contributed by atoms with Gasteiger partial charge in [0, 0.05) is 24.8 Å². The lowest BCUT2D eigenvalue weighted by molar-refractivity contribution is 0.0738. The number of hydrogen-bond donors (Lipinski definition) is 1. The van der Waals surface area contributed by atoms with Crippen LogP contribution in [-0.2, 0) is 5.54 Å². The number of hydrogen-bond acceptors (Lipinski definition) is 4. The molecule has 0 radical (unpaired) electrons. The first-order valence-electron chi connectivity index (χ1n) is 10.0.